The number of carbonyl (C=O) groups is 1. The van der Waals surface area contributed by atoms with Crippen molar-refractivity contribution in [3.63, 3.8) is 0 Å². The highest BCUT2D eigenvalue weighted by Crippen LogP contribution is 2.27. The number of nitro groups is 1. The van der Waals surface area contributed by atoms with E-state index in [0.717, 1.165) is 6.54 Å². The molecule has 0 atom stereocenters. The molecular formula is C13H19N3O4. The fourth-order valence-electron chi connectivity index (χ4n) is 1.59. The van der Waals surface area contributed by atoms with Crippen molar-refractivity contribution in [2.75, 3.05) is 26.2 Å². The average Bonchev–Trinajstić information content (AvgIpc) is 2.43. The molecule has 7 heteroatoms. The Hall–Kier alpha value is -2.15. The van der Waals surface area contributed by atoms with E-state index in [0.29, 0.717) is 25.3 Å². The van der Waals surface area contributed by atoms with E-state index in [-0.39, 0.29) is 17.3 Å². The van der Waals surface area contributed by atoms with Crippen LogP contribution in [0.5, 0.6) is 5.75 Å². The van der Waals surface area contributed by atoms with Crippen LogP contribution in [0, 0.1) is 10.1 Å². The predicted molar refractivity (Wildman–Crippen MR) is 75.1 cm³/mol. The molecule has 0 saturated heterocycles. The molecular weight excluding hydrogens is 262 g/mol. The first kappa shape index (κ1) is 15.9. The van der Waals surface area contributed by atoms with Gasteiger partial charge >= 0.3 is 5.69 Å². The molecule has 0 fully saturated rings. The van der Waals surface area contributed by atoms with Crippen molar-refractivity contribution in [2.24, 2.45) is 0 Å². The van der Waals surface area contributed by atoms with Gasteiger partial charge in [0.1, 0.15) is 6.61 Å². The first-order valence-corrected chi connectivity index (χ1v) is 6.50. The van der Waals surface area contributed by atoms with E-state index in [1.165, 1.54) is 18.2 Å². The van der Waals surface area contributed by atoms with Crippen LogP contribution in [0.1, 0.15) is 24.2 Å². The fourth-order valence-corrected chi connectivity index (χ4v) is 1.59. The smallest absolute Gasteiger partial charge is 0.310 e. The molecule has 0 bridgehead atoms. The lowest BCUT2D eigenvalue weighted by Crippen LogP contribution is -2.23. The lowest BCUT2D eigenvalue weighted by Gasteiger charge is -2.09. The average molecular weight is 281 g/mol. The van der Waals surface area contributed by atoms with Crippen molar-refractivity contribution < 1.29 is 14.5 Å². The summed E-state index contributed by atoms with van der Waals surface area (Å²) in [4.78, 5) is 22.1. The zero-order valence-electron chi connectivity index (χ0n) is 11.6. The minimum absolute atomic E-state index is 0.108. The third-order valence-electron chi connectivity index (χ3n) is 2.54. The number of ether oxygens (including phenoxy) is 1. The zero-order chi connectivity index (χ0) is 15.0. The van der Waals surface area contributed by atoms with Gasteiger partial charge in [-0.25, -0.2) is 0 Å². The number of amides is 1. The first-order chi connectivity index (χ1) is 9.60. The van der Waals surface area contributed by atoms with Crippen LogP contribution in [0.3, 0.4) is 0 Å². The molecule has 2 N–H and O–H groups in total. The second-order valence-electron chi connectivity index (χ2n) is 4.00. The quantitative estimate of drug-likeness (QED) is 0.426. The zero-order valence-corrected chi connectivity index (χ0v) is 11.6. The van der Waals surface area contributed by atoms with Gasteiger partial charge in [0.2, 0.25) is 0 Å². The normalized spacial score (nSPS) is 10.1. The second-order valence-corrected chi connectivity index (χ2v) is 4.00. The van der Waals surface area contributed by atoms with Gasteiger partial charge in [-0.3, -0.25) is 14.9 Å². The third-order valence-corrected chi connectivity index (χ3v) is 2.54. The highest BCUT2D eigenvalue weighted by molar-refractivity contribution is 5.95. The molecule has 0 unspecified atom stereocenters. The molecule has 0 saturated carbocycles. The Morgan fingerprint density at radius 1 is 1.35 bits per heavy atom. The lowest BCUT2D eigenvalue weighted by molar-refractivity contribution is -0.385. The minimum Gasteiger partial charge on any atom is -0.485 e. The Balaban J connectivity index is 2.88. The number of nitrogens with zero attached hydrogens (tertiary/aromatic N) is 1. The number of likely N-dealkylation sites (N-methyl/N-ethyl adjacent to an activating group) is 1. The molecule has 0 aliphatic heterocycles. The lowest BCUT2D eigenvalue weighted by atomic mass is 10.1. The summed E-state index contributed by atoms with van der Waals surface area (Å²) in [5.41, 5.74) is 0.199. The molecule has 7 nitrogen and oxygen atoms in total. The molecule has 1 amide bonds. The van der Waals surface area contributed by atoms with Crippen molar-refractivity contribution in [1.29, 1.82) is 0 Å². The topological polar surface area (TPSA) is 93.5 Å². The van der Waals surface area contributed by atoms with E-state index in [4.69, 9.17) is 4.74 Å². The van der Waals surface area contributed by atoms with Crippen LogP contribution >= 0.6 is 0 Å². The summed E-state index contributed by atoms with van der Waals surface area (Å²) < 4.78 is 5.39. The van der Waals surface area contributed by atoms with Crippen LogP contribution < -0.4 is 15.4 Å². The predicted octanol–water partition coefficient (Wildman–Crippen LogP) is 1.33. The Morgan fingerprint density at radius 3 is 2.70 bits per heavy atom. The summed E-state index contributed by atoms with van der Waals surface area (Å²) in [6.45, 7) is 5.93. The second kappa shape index (κ2) is 8.11. The maximum absolute atomic E-state index is 11.7. The van der Waals surface area contributed by atoms with Gasteiger partial charge in [0, 0.05) is 30.8 Å². The molecule has 0 heterocycles. The van der Waals surface area contributed by atoms with Gasteiger partial charge in [-0.2, -0.15) is 0 Å². The fraction of sp³-hybridized carbons (Fsp3) is 0.462. The van der Waals surface area contributed by atoms with E-state index in [2.05, 4.69) is 10.6 Å². The van der Waals surface area contributed by atoms with E-state index >= 15 is 0 Å². The van der Waals surface area contributed by atoms with Gasteiger partial charge < -0.3 is 15.4 Å². The highest BCUT2D eigenvalue weighted by atomic mass is 16.6. The van der Waals surface area contributed by atoms with Gasteiger partial charge in [-0.05, 0) is 19.5 Å². The summed E-state index contributed by atoms with van der Waals surface area (Å²) in [5, 5.41) is 16.6. The van der Waals surface area contributed by atoms with Crippen molar-refractivity contribution in [2.45, 2.75) is 13.8 Å². The monoisotopic (exact) mass is 281 g/mol. The van der Waals surface area contributed by atoms with Crippen LogP contribution in [-0.4, -0.2) is 37.1 Å². The Morgan fingerprint density at radius 2 is 2.10 bits per heavy atom. The number of hydrogen-bond donors (Lipinski definition) is 2. The minimum atomic E-state index is -0.524. The van der Waals surface area contributed by atoms with Gasteiger partial charge in [-0.15, -0.1) is 0 Å². The highest BCUT2D eigenvalue weighted by Gasteiger charge is 2.17. The number of carbonyl (C=O) groups excluding carboxylic acids is 1. The molecule has 0 aliphatic carbocycles. The van der Waals surface area contributed by atoms with Crippen molar-refractivity contribution in [3.8, 4) is 5.75 Å². The number of hydrogen-bond acceptors (Lipinski definition) is 5. The maximum Gasteiger partial charge on any atom is 0.310 e. The van der Waals surface area contributed by atoms with Crippen LogP contribution in [0.15, 0.2) is 18.2 Å². The largest absolute Gasteiger partial charge is 0.485 e. The first-order valence-electron chi connectivity index (χ1n) is 6.50. The third kappa shape index (κ3) is 4.51. The van der Waals surface area contributed by atoms with Crippen LogP contribution in [0.4, 0.5) is 5.69 Å². The Bertz CT molecular complexity index is 477. The van der Waals surface area contributed by atoms with Gasteiger partial charge in [0.15, 0.2) is 5.75 Å². The molecule has 0 aliphatic rings. The molecule has 20 heavy (non-hydrogen) atoms. The summed E-state index contributed by atoms with van der Waals surface area (Å²) >= 11 is 0. The number of nitrogens with one attached hydrogen (secondary N) is 2. The summed E-state index contributed by atoms with van der Waals surface area (Å²) in [6, 6.07) is 4.10. The Labute approximate surface area is 117 Å². The standard InChI is InChI=1S/C13H19N3O4/c1-3-14-7-8-20-12-9-10(13(17)15-4-2)5-6-11(12)16(18)19/h5-6,9,14H,3-4,7-8H2,1-2H3,(H,15,17). The Kier molecular flexibility index (Phi) is 6.45. The van der Waals surface area contributed by atoms with Gasteiger partial charge in [0.25, 0.3) is 5.91 Å². The van der Waals surface area contributed by atoms with E-state index < -0.39 is 4.92 Å². The maximum atomic E-state index is 11.7. The van der Waals surface area contributed by atoms with Crippen LogP contribution in [0.25, 0.3) is 0 Å². The molecule has 1 aromatic rings. The summed E-state index contributed by atoms with van der Waals surface area (Å²) in [7, 11) is 0. The van der Waals surface area contributed by atoms with E-state index in [1.54, 1.807) is 6.92 Å². The van der Waals surface area contributed by atoms with E-state index in [1.807, 2.05) is 6.92 Å². The van der Waals surface area contributed by atoms with Gasteiger partial charge in [-0.1, -0.05) is 6.92 Å². The van der Waals surface area contributed by atoms with Crippen LogP contribution in [0.2, 0.25) is 0 Å². The van der Waals surface area contributed by atoms with Crippen molar-refractivity contribution in [1.82, 2.24) is 10.6 Å². The van der Waals surface area contributed by atoms with Crippen LogP contribution in [-0.2, 0) is 0 Å². The SMILES string of the molecule is CCNCCOc1cc(C(=O)NCC)ccc1[N+](=O)[O-]. The molecule has 0 spiro atoms. The number of benzene rings is 1. The molecule has 1 aromatic carbocycles. The molecule has 1 rings (SSSR count). The molecule has 0 radical (unpaired) electrons. The van der Waals surface area contributed by atoms with Crippen molar-refractivity contribution >= 4 is 11.6 Å². The number of rotatable bonds is 8. The summed E-state index contributed by atoms with van der Waals surface area (Å²) in [5.74, 6) is -0.171. The molecule has 0 aromatic heterocycles. The summed E-state index contributed by atoms with van der Waals surface area (Å²) in [6.07, 6.45) is 0. The van der Waals surface area contributed by atoms with Gasteiger partial charge in [0.05, 0.1) is 4.92 Å². The van der Waals surface area contributed by atoms with E-state index in [9.17, 15) is 14.9 Å². The number of nitro benzene ring substituents is 1. The van der Waals surface area contributed by atoms with Crippen molar-refractivity contribution in [3.05, 3.63) is 33.9 Å². The molecule has 110 valence electrons.